The number of hydrogen-bond acceptors (Lipinski definition) is 2. The second-order valence-electron chi connectivity index (χ2n) is 6.02. The van der Waals surface area contributed by atoms with Crippen LogP contribution in [0.2, 0.25) is 0 Å². The Morgan fingerprint density at radius 3 is 2.47 bits per heavy atom. The zero-order valence-electron chi connectivity index (χ0n) is 11.8. The van der Waals surface area contributed by atoms with Gasteiger partial charge in [-0.3, -0.25) is 0 Å². The monoisotopic (exact) mass is 238 g/mol. The minimum absolute atomic E-state index is 0.113. The molecule has 0 aromatic heterocycles. The fraction of sp³-hybridized carbons (Fsp3) is 0.800. The zero-order valence-corrected chi connectivity index (χ0v) is 11.8. The topological polar surface area (TPSA) is 26.3 Å². The summed E-state index contributed by atoms with van der Waals surface area (Å²) in [6.07, 6.45) is 5.18. The van der Waals surface area contributed by atoms with Crippen molar-refractivity contribution in [1.29, 1.82) is 0 Å². The van der Waals surface area contributed by atoms with Crippen molar-refractivity contribution in [3.63, 3.8) is 0 Å². The third-order valence-corrected chi connectivity index (χ3v) is 3.64. The summed E-state index contributed by atoms with van der Waals surface area (Å²) in [6, 6.07) is 0. The van der Waals surface area contributed by atoms with E-state index in [1.165, 1.54) is 12.8 Å². The highest BCUT2D eigenvalue weighted by Crippen LogP contribution is 2.35. The maximum Gasteiger partial charge on any atom is 0.330 e. The summed E-state index contributed by atoms with van der Waals surface area (Å²) >= 11 is 0. The lowest BCUT2D eigenvalue weighted by molar-refractivity contribution is -0.149. The van der Waals surface area contributed by atoms with E-state index in [9.17, 15) is 4.79 Å². The molecule has 2 nitrogen and oxygen atoms in total. The molecule has 3 atom stereocenters. The molecule has 0 radical (unpaired) electrons. The van der Waals surface area contributed by atoms with Gasteiger partial charge in [0, 0.05) is 6.08 Å². The predicted octanol–water partition coefficient (Wildman–Crippen LogP) is 3.96. The van der Waals surface area contributed by atoms with Crippen molar-refractivity contribution >= 4 is 5.97 Å². The predicted molar refractivity (Wildman–Crippen MR) is 70.7 cm³/mol. The van der Waals surface area contributed by atoms with Crippen LogP contribution in [0.4, 0.5) is 0 Å². The molecule has 0 amide bonds. The smallest absolute Gasteiger partial charge is 0.330 e. The molecule has 1 fully saturated rings. The molecule has 2 heteroatoms. The first-order chi connectivity index (χ1) is 7.90. The van der Waals surface area contributed by atoms with E-state index in [4.69, 9.17) is 4.74 Å². The van der Waals surface area contributed by atoms with Crippen LogP contribution in [0.15, 0.2) is 11.6 Å². The molecule has 1 aliphatic carbocycles. The number of hydrogen-bond donors (Lipinski definition) is 0. The molecule has 1 rings (SSSR count). The molecule has 0 saturated heterocycles. The normalized spacial score (nSPS) is 28.9. The minimum atomic E-state index is -0.172. The van der Waals surface area contributed by atoms with Gasteiger partial charge >= 0.3 is 5.97 Å². The highest BCUT2D eigenvalue weighted by atomic mass is 16.5. The Labute approximate surface area is 105 Å². The van der Waals surface area contributed by atoms with Gasteiger partial charge in [0.05, 0.1) is 0 Å². The molecule has 98 valence electrons. The fourth-order valence-electron chi connectivity index (χ4n) is 2.67. The van der Waals surface area contributed by atoms with Gasteiger partial charge in [-0.05, 0) is 44.4 Å². The molecule has 0 spiro atoms. The van der Waals surface area contributed by atoms with Crippen LogP contribution in [-0.2, 0) is 9.53 Å². The summed E-state index contributed by atoms with van der Waals surface area (Å²) in [5.74, 6) is 1.62. The first-order valence-electron chi connectivity index (χ1n) is 6.75. The Balaban J connectivity index is 2.64. The van der Waals surface area contributed by atoms with E-state index in [1.54, 1.807) is 6.08 Å². The molecule has 0 aliphatic heterocycles. The molecule has 0 aromatic carbocycles. The van der Waals surface area contributed by atoms with E-state index in [2.05, 4.69) is 20.8 Å². The highest BCUT2D eigenvalue weighted by molar-refractivity contribution is 5.82. The van der Waals surface area contributed by atoms with Gasteiger partial charge in [0.2, 0.25) is 0 Å². The van der Waals surface area contributed by atoms with Crippen LogP contribution in [0, 0.1) is 17.8 Å². The maximum absolute atomic E-state index is 11.7. The summed E-state index contributed by atoms with van der Waals surface area (Å²) in [6.45, 7) is 10.5. The lowest BCUT2D eigenvalue weighted by Gasteiger charge is -2.36. The largest absolute Gasteiger partial charge is 0.459 e. The molecular weight excluding hydrogens is 212 g/mol. The van der Waals surface area contributed by atoms with E-state index in [0.717, 1.165) is 12.0 Å². The lowest BCUT2D eigenvalue weighted by Crippen LogP contribution is -2.35. The van der Waals surface area contributed by atoms with Crippen LogP contribution in [-0.4, -0.2) is 12.1 Å². The van der Waals surface area contributed by atoms with E-state index in [-0.39, 0.29) is 12.1 Å². The summed E-state index contributed by atoms with van der Waals surface area (Å²) < 4.78 is 5.63. The van der Waals surface area contributed by atoms with Crippen LogP contribution < -0.4 is 0 Å². The van der Waals surface area contributed by atoms with E-state index >= 15 is 0 Å². The second kappa shape index (κ2) is 6.23. The Bertz CT molecular complexity index is 287. The summed E-state index contributed by atoms with van der Waals surface area (Å²) in [5.41, 5.74) is 1.000. The Hall–Kier alpha value is -0.790. The molecule has 0 bridgehead atoms. The van der Waals surface area contributed by atoms with Crippen molar-refractivity contribution in [1.82, 2.24) is 0 Å². The molecule has 0 N–H and O–H groups in total. The average molecular weight is 238 g/mol. The number of esters is 1. The van der Waals surface area contributed by atoms with Crippen molar-refractivity contribution in [2.45, 2.75) is 60.0 Å². The van der Waals surface area contributed by atoms with Crippen LogP contribution in [0.5, 0.6) is 0 Å². The molecule has 0 aromatic rings. The maximum atomic E-state index is 11.7. The quantitative estimate of drug-likeness (QED) is 0.549. The third kappa shape index (κ3) is 4.53. The first kappa shape index (κ1) is 14.3. The minimum Gasteiger partial charge on any atom is -0.459 e. The summed E-state index contributed by atoms with van der Waals surface area (Å²) in [7, 11) is 0. The SMILES string of the molecule is CC(C)=CC(=O)OC1CC(C)CCC1C(C)C. The fourth-order valence-corrected chi connectivity index (χ4v) is 2.67. The zero-order chi connectivity index (χ0) is 13.0. The van der Waals surface area contributed by atoms with Gasteiger partial charge in [-0.2, -0.15) is 0 Å². The molecule has 1 aliphatic rings. The number of ether oxygens (including phenoxy) is 1. The number of carbonyl (C=O) groups is 1. The van der Waals surface area contributed by atoms with Gasteiger partial charge in [-0.15, -0.1) is 0 Å². The number of rotatable bonds is 3. The van der Waals surface area contributed by atoms with Gasteiger partial charge in [0.25, 0.3) is 0 Å². The van der Waals surface area contributed by atoms with Crippen molar-refractivity contribution in [2.75, 3.05) is 0 Å². The van der Waals surface area contributed by atoms with Crippen molar-refractivity contribution in [3.05, 3.63) is 11.6 Å². The van der Waals surface area contributed by atoms with Crippen LogP contribution in [0.1, 0.15) is 53.9 Å². The van der Waals surface area contributed by atoms with Crippen LogP contribution >= 0.6 is 0 Å². The number of carbonyl (C=O) groups excluding carboxylic acids is 1. The van der Waals surface area contributed by atoms with Crippen molar-refractivity contribution < 1.29 is 9.53 Å². The molecule has 1 saturated carbocycles. The Morgan fingerprint density at radius 1 is 1.29 bits per heavy atom. The summed E-state index contributed by atoms with van der Waals surface area (Å²) in [5, 5.41) is 0. The molecule has 0 heterocycles. The van der Waals surface area contributed by atoms with Crippen LogP contribution in [0.25, 0.3) is 0 Å². The standard InChI is InChI=1S/C15H26O2/c1-10(2)8-15(16)17-14-9-12(5)6-7-13(14)11(3)4/h8,11-14H,6-7,9H2,1-5H3. The van der Waals surface area contributed by atoms with E-state index < -0.39 is 0 Å². The lowest BCUT2D eigenvalue weighted by atomic mass is 9.75. The molecular formula is C15H26O2. The second-order valence-corrected chi connectivity index (χ2v) is 6.02. The Morgan fingerprint density at radius 2 is 1.94 bits per heavy atom. The van der Waals surface area contributed by atoms with Gasteiger partial charge < -0.3 is 4.74 Å². The van der Waals surface area contributed by atoms with Crippen molar-refractivity contribution in [2.24, 2.45) is 17.8 Å². The summed E-state index contributed by atoms with van der Waals surface area (Å²) in [4.78, 5) is 11.7. The van der Waals surface area contributed by atoms with Gasteiger partial charge in [-0.1, -0.05) is 32.8 Å². The van der Waals surface area contributed by atoms with Gasteiger partial charge in [0.15, 0.2) is 0 Å². The van der Waals surface area contributed by atoms with E-state index in [1.807, 2.05) is 13.8 Å². The molecule has 3 unspecified atom stereocenters. The third-order valence-electron chi connectivity index (χ3n) is 3.64. The van der Waals surface area contributed by atoms with E-state index in [0.29, 0.717) is 17.8 Å². The average Bonchev–Trinajstić information content (AvgIpc) is 2.15. The first-order valence-corrected chi connectivity index (χ1v) is 6.75. The highest BCUT2D eigenvalue weighted by Gasteiger charge is 2.32. The van der Waals surface area contributed by atoms with Gasteiger partial charge in [0.1, 0.15) is 6.10 Å². The molecule has 17 heavy (non-hydrogen) atoms. The van der Waals surface area contributed by atoms with Crippen LogP contribution in [0.3, 0.4) is 0 Å². The van der Waals surface area contributed by atoms with Crippen molar-refractivity contribution in [3.8, 4) is 0 Å². The number of allylic oxidation sites excluding steroid dienone is 1. The Kier molecular flexibility index (Phi) is 5.23. The van der Waals surface area contributed by atoms with Gasteiger partial charge in [-0.25, -0.2) is 4.79 Å².